The number of piperidine rings is 1. The average Bonchev–Trinajstić information content (AvgIpc) is 2.18. The van der Waals surface area contributed by atoms with Crippen LogP contribution in [0.25, 0.3) is 0 Å². The third-order valence-electron chi connectivity index (χ3n) is 2.07. The highest BCUT2D eigenvalue weighted by Gasteiger charge is 2.10. The van der Waals surface area contributed by atoms with Crippen LogP contribution in [0.15, 0.2) is 10.7 Å². The van der Waals surface area contributed by atoms with Gasteiger partial charge in [-0.05, 0) is 35.2 Å². The first kappa shape index (κ1) is 10.6. The first-order chi connectivity index (χ1) is 6.24. The molecule has 13 heavy (non-hydrogen) atoms. The van der Waals surface area contributed by atoms with Gasteiger partial charge in [-0.25, -0.2) is 4.79 Å². The Morgan fingerprint density at radius 3 is 2.54 bits per heavy atom. The Morgan fingerprint density at radius 1 is 1.38 bits per heavy atom. The Kier molecular flexibility index (Phi) is 4.28. The lowest BCUT2D eigenvalue weighted by Crippen LogP contribution is -2.25. The molecule has 0 atom stereocenters. The van der Waals surface area contributed by atoms with Crippen LogP contribution < -0.4 is 0 Å². The zero-order chi connectivity index (χ0) is 9.68. The molecular weight excluding hydrogens is 234 g/mol. The Morgan fingerprint density at radius 2 is 2.00 bits per heavy atom. The maximum absolute atomic E-state index is 11.0. The lowest BCUT2D eigenvalue weighted by atomic mass is 10.1. The number of nitrogens with zero attached hydrogens (tertiary/aromatic N) is 1. The third kappa shape index (κ3) is 3.38. The number of rotatable bonds is 2. The van der Waals surface area contributed by atoms with Gasteiger partial charge in [0.25, 0.3) is 0 Å². The summed E-state index contributed by atoms with van der Waals surface area (Å²) in [6.45, 7) is 2.07. The highest BCUT2D eigenvalue weighted by atomic mass is 79.9. The van der Waals surface area contributed by atoms with Gasteiger partial charge in [-0.2, -0.15) is 0 Å². The van der Waals surface area contributed by atoms with Crippen LogP contribution in [-0.2, 0) is 9.53 Å². The Balaban J connectivity index is 2.47. The Bertz CT molecular complexity index is 210. The average molecular weight is 248 g/mol. The van der Waals surface area contributed by atoms with E-state index in [1.807, 2.05) is 6.20 Å². The first-order valence-electron chi connectivity index (χ1n) is 4.43. The molecule has 3 nitrogen and oxygen atoms in total. The maximum Gasteiger partial charge on any atom is 0.346 e. The van der Waals surface area contributed by atoms with Gasteiger partial charge in [0.1, 0.15) is 4.48 Å². The molecule has 74 valence electrons. The smallest absolute Gasteiger partial charge is 0.346 e. The van der Waals surface area contributed by atoms with E-state index < -0.39 is 0 Å². The topological polar surface area (TPSA) is 29.5 Å². The zero-order valence-electron chi connectivity index (χ0n) is 7.75. The molecule has 1 aliphatic rings. The van der Waals surface area contributed by atoms with Crippen molar-refractivity contribution >= 4 is 21.9 Å². The van der Waals surface area contributed by atoms with Crippen molar-refractivity contribution in [3.8, 4) is 0 Å². The van der Waals surface area contributed by atoms with Crippen molar-refractivity contribution in [1.82, 2.24) is 4.90 Å². The van der Waals surface area contributed by atoms with Gasteiger partial charge in [-0.3, -0.25) is 0 Å². The van der Waals surface area contributed by atoms with Crippen LogP contribution in [0.5, 0.6) is 0 Å². The van der Waals surface area contributed by atoms with Crippen LogP contribution in [0.2, 0.25) is 0 Å². The molecule has 0 bridgehead atoms. The number of hydrogen-bond acceptors (Lipinski definition) is 3. The molecule has 0 amide bonds. The molecular formula is C9H14BrNO2. The summed E-state index contributed by atoms with van der Waals surface area (Å²) in [6.07, 6.45) is 5.53. The van der Waals surface area contributed by atoms with Crippen molar-refractivity contribution in [2.75, 3.05) is 20.2 Å². The normalized spacial score (nSPS) is 18.6. The molecule has 1 fully saturated rings. The molecule has 1 rings (SSSR count). The molecule has 0 aromatic rings. The van der Waals surface area contributed by atoms with Gasteiger partial charge in [-0.1, -0.05) is 0 Å². The van der Waals surface area contributed by atoms with E-state index in [0.29, 0.717) is 4.48 Å². The first-order valence-corrected chi connectivity index (χ1v) is 5.23. The number of carbonyl (C=O) groups is 1. The van der Waals surface area contributed by atoms with Gasteiger partial charge in [0.05, 0.1) is 7.11 Å². The monoisotopic (exact) mass is 247 g/mol. The molecule has 0 N–H and O–H groups in total. The van der Waals surface area contributed by atoms with Crippen LogP contribution in [0.1, 0.15) is 19.3 Å². The summed E-state index contributed by atoms with van der Waals surface area (Å²) in [7, 11) is 1.38. The second kappa shape index (κ2) is 5.27. The maximum atomic E-state index is 11.0. The van der Waals surface area contributed by atoms with Crippen molar-refractivity contribution in [3.05, 3.63) is 10.7 Å². The molecule has 1 aliphatic heterocycles. The molecule has 0 aromatic carbocycles. The number of esters is 1. The highest BCUT2D eigenvalue weighted by Crippen LogP contribution is 2.13. The van der Waals surface area contributed by atoms with Crippen LogP contribution in [0.3, 0.4) is 0 Å². The minimum atomic E-state index is -0.314. The molecule has 0 radical (unpaired) electrons. The molecule has 1 saturated heterocycles. The molecule has 0 spiro atoms. The summed E-state index contributed by atoms with van der Waals surface area (Å²) >= 11 is 3.18. The van der Waals surface area contributed by atoms with Gasteiger partial charge < -0.3 is 9.64 Å². The zero-order valence-corrected chi connectivity index (χ0v) is 9.34. The van der Waals surface area contributed by atoms with Crippen LogP contribution in [-0.4, -0.2) is 31.1 Å². The van der Waals surface area contributed by atoms with E-state index in [0.717, 1.165) is 13.1 Å². The summed E-state index contributed by atoms with van der Waals surface area (Å²) in [6, 6.07) is 0. The molecule has 1 heterocycles. The van der Waals surface area contributed by atoms with Gasteiger partial charge in [0, 0.05) is 19.3 Å². The summed E-state index contributed by atoms with van der Waals surface area (Å²) in [5, 5.41) is 0. The number of hydrogen-bond donors (Lipinski definition) is 0. The van der Waals surface area contributed by atoms with Crippen LogP contribution in [0, 0.1) is 0 Å². The number of likely N-dealkylation sites (tertiary alicyclic amines) is 1. The number of halogens is 1. The van der Waals surface area contributed by atoms with Crippen LogP contribution in [0.4, 0.5) is 0 Å². The minimum Gasteiger partial charge on any atom is -0.465 e. The number of methoxy groups -OCH3 is 1. The summed E-state index contributed by atoms with van der Waals surface area (Å²) < 4.78 is 5.07. The van der Waals surface area contributed by atoms with E-state index in [1.165, 1.54) is 26.4 Å². The van der Waals surface area contributed by atoms with E-state index in [2.05, 4.69) is 25.6 Å². The van der Waals surface area contributed by atoms with Crippen LogP contribution >= 0.6 is 15.9 Å². The lowest BCUT2D eigenvalue weighted by Gasteiger charge is -2.25. The van der Waals surface area contributed by atoms with Gasteiger partial charge >= 0.3 is 5.97 Å². The van der Waals surface area contributed by atoms with Gasteiger partial charge in [0.15, 0.2) is 0 Å². The second-order valence-electron chi connectivity index (χ2n) is 3.07. The second-order valence-corrected chi connectivity index (χ2v) is 3.92. The standard InChI is InChI=1S/C9H14BrNO2/c1-13-9(12)8(10)7-11-5-3-2-4-6-11/h7H,2-6H2,1H3/b8-7-. The fraction of sp³-hybridized carbons (Fsp3) is 0.667. The fourth-order valence-electron chi connectivity index (χ4n) is 1.36. The van der Waals surface area contributed by atoms with Crippen molar-refractivity contribution in [2.24, 2.45) is 0 Å². The van der Waals surface area contributed by atoms with E-state index >= 15 is 0 Å². The quantitative estimate of drug-likeness (QED) is 0.552. The Labute approximate surface area is 86.9 Å². The van der Waals surface area contributed by atoms with Crippen molar-refractivity contribution in [3.63, 3.8) is 0 Å². The predicted octanol–water partition coefficient (Wildman–Crippen LogP) is 1.88. The van der Waals surface area contributed by atoms with Crippen molar-refractivity contribution < 1.29 is 9.53 Å². The third-order valence-corrected chi connectivity index (χ3v) is 2.60. The van der Waals surface area contributed by atoms with E-state index in [-0.39, 0.29) is 5.97 Å². The SMILES string of the molecule is COC(=O)/C(Br)=C/N1CCCCC1. The fourth-order valence-corrected chi connectivity index (χ4v) is 1.81. The number of carbonyl (C=O) groups excluding carboxylic acids is 1. The van der Waals surface area contributed by atoms with Crippen molar-refractivity contribution in [1.29, 1.82) is 0 Å². The molecule has 0 aliphatic carbocycles. The predicted molar refractivity (Wildman–Crippen MR) is 54.5 cm³/mol. The molecule has 0 aromatic heterocycles. The minimum absolute atomic E-state index is 0.314. The van der Waals surface area contributed by atoms with Gasteiger partial charge in [0.2, 0.25) is 0 Å². The highest BCUT2D eigenvalue weighted by molar-refractivity contribution is 9.12. The summed E-state index contributed by atoms with van der Waals surface area (Å²) in [5.74, 6) is -0.314. The molecule has 0 saturated carbocycles. The Hall–Kier alpha value is -0.510. The lowest BCUT2D eigenvalue weighted by molar-refractivity contribution is -0.135. The van der Waals surface area contributed by atoms with E-state index in [9.17, 15) is 4.79 Å². The summed E-state index contributed by atoms with van der Waals surface area (Å²) in [5.41, 5.74) is 0. The molecule has 4 heteroatoms. The summed E-state index contributed by atoms with van der Waals surface area (Å²) in [4.78, 5) is 13.2. The van der Waals surface area contributed by atoms with Gasteiger partial charge in [-0.15, -0.1) is 0 Å². The largest absolute Gasteiger partial charge is 0.465 e. The van der Waals surface area contributed by atoms with E-state index in [4.69, 9.17) is 0 Å². The molecule has 0 unspecified atom stereocenters. The van der Waals surface area contributed by atoms with E-state index in [1.54, 1.807) is 0 Å². The van der Waals surface area contributed by atoms with Crippen molar-refractivity contribution in [2.45, 2.75) is 19.3 Å². The number of ether oxygens (including phenoxy) is 1.